The second kappa shape index (κ2) is 7.14. The third-order valence-corrected chi connectivity index (χ3v) is 4.84. The molecule has 0 radical (unpaired) electrons. The van der Waals surface area contributed by atoms with Crippen LogP contribution in [0.4, 0.5) is 5.95 Å². The molecule has 1 aromatic heterocycles. The number of rotatable bonds is 5. The first kappa shape index (κ1) is 17.1. The maximum atomic E-state index is 5.67. The Balaban J connectivity index is 1.78. The zero-order valence-corrected chi connectivity index (χ0v) is 15.4. The normalized spacial score (nSPS) is 18.3. The molecule has 0 saturated carbocycles. The first-order valence-electron chi connectivity index (χ1n) is 8.65. The molecule has 2 aromatic carbocycles. The Kier molecular flexibility index (Phi) is 4.53. The van der Waals surface area contributed by atoms with Gasteiger partial charge in [-0.05, 0) is 34.5 Å². The minimum absolute atomic E-state index is 0.0141. The lowest BCUT2D eigenvalue weighted by molar-refractivity contribution is 0.319. The van der Waals surface area contributed by atoms with Crippen LogP contribution < -0.4 is 19.5 Å². The molecule has 8 heteroatoms. The van der Waals surface area contributed by atoms with E-state index in [1.165, 1.54) is 0 Å². The molecule has 0 saturated heterocycles. The smallest absolute Gasteiger partial charge is 0.243 e. The van der Waals surface area contributed by atoms with Crippen molar-refractivity contribution >= 4 is 5.95 Å². The number of anilines is 1. The van der Waals surface area contributed by atoms with Crippen LogP contribution in [0.25, 0.3) is 0 Å². The summed E-state index contributed by atoms with van der Waals surface area (Å²) < 4.78 is 18.4. The predicted octanol–water partition coefficient (Wildman–Crippen LogP) is 2.85. The van der Waals surface area contributed by atoms with E-state index in [0.29, 0.717) is 23.2 Å². The second-order valence-corrected chi connectivity index (χ2v) is 6.23. The van der Waals surface area contributed by atoms with Crippen molar-refractivity contribution in [2.24, 2.45) is 0 Å². The highest BCUT2D eigenvalue weighted by Gasteiger charge is 2.33. The maximum Gasteiger partial charge on any atom is 0.243 e. The van der Waals surface area contributed by atoms with Crippen molar-refractivity contribution in [3.05, 3.63) is 53.6 Å². The highest BCUT2D eigenvalue weighted by molar-refractivity contribution is 5.58. The molecule has 2 unspecified atom stereocenters. The van der Waals surface area contributed by atoms with Gasteiger partial charge in [0.2, 0.25) is 11.7 Å². The zero-order valence-electron chi connectivity index (χ0n) is 15.4. The summed E-state index contributed by atoms with van der Waals surface area (Å²) in [5.74, 6) is 2.46. The predicted molar refractivity (Wildman–Crippen MR) is 99.5 cm³/mol. The van der Waals surface area contributed by atoms with Crippen molar-refractivity contribution in [2.45, 2.75) is 18.5 Å². The van der Waals surface area contributed by atoms with Gasteiger partial charge in [0.05, 0.1) is 33.4 Å². The minimum Gasteiger partial charge on any atom is -0.493 e. The Hall–Kier alpha value is -3.29. The fourth-order valence-electron chi connectivity index (χ4n) is 3.59. The molecule has 1 N–H and O–H groups in total. The Morgan fingerprint density at radius 1 is 0.963 bits per heavy atom. The number of nitrogens with zero attached hydrogens (tertiary/aromatic N) is 4. The van der Waals surface area contributed by atoms with E-state index in [9.17, 15) is 0 Å². The van der Waals surface area contributed by atoms with E-state index in [1.54, 1.807) is 21.3 Å². The van der Waals surface area contributed by atoms with Crippen molar-refractivity contribution in [1.82, 2.24) is 20.2 Å². The first-order chi connectivity index (χ1) is 13.3. The van der Waals surface area contributed by atoms with Gasteiger partial charge >= 0.3 is 0 Å². The lowest BCUT2D eigenvalue weighted by atomic mass is 9.92. The molecule has 0 fully saturated rings. The largest absolute Gasteiger partial charge is 0.493 e. The fraction of sp³-hybridized carbons (Fsp3) is 0.316. The van der Waals surface area contributed by atoms with Gasteiger partial charge in [-0.25, -0.2) is 4.68 Å². The van der Waals surface area contributed by atoms with Crippen LogP contribution >= 0.6 is 0 Å². The molecule has 0 spiro atoms. The van der Waals surface area contributed by atoms with Gasteiger partial charge in [-0.1, -0.05) is 35.4 Å². The van der Waals surface area contributed by atoms with Gasteiger partial charge in [-0.15, -0.1) is 0 Å². The molecule has 27 heavy (non-hydrogen) atoms. The topological polar surface area (TPSA) is 83.3 Å². The highest BCUT2D eigenvalue weighted by atomic mass is 16.5. The molecule has 8 nitrogen and oxygen atoms in total. The monoisotopic (exact) mass is 367 g/mol. The molecule has 1 aliphatic heterocycles. The number of tetrazole rings is 1. The van der Waals surface area contributed by atoms with Crippen LogP contribution in [-0.2, 0) is 0 Å². The summed E-state index contributed by atoms with van der Waals surface area (Å²) in [4.78, 5) is 0. The van der Waals surface area contributed by atoms with E-state index in [2.05, 4.69) is 33.0 Å². The fourth-order valence-corrected chi connectivity index (χ4v) is 3.59. The van der Waals surface area contributed by atoms with Gasteiger partial charge in [-0.3, -0.25) is 0 Å². The molecular weight excluding hydrogens is 346 g/mol. The number of hydrogen-bond acceptors (Lipinski definition) is 7. The number of ether oxygens (including phenoxy) is 3. The van der Waals surface area contributed by atoms with Crippen LogP contribution in [0.1, 0.15) is 29.6 Å². The van der Waals surface area contributed by atoms with E-state index in [4.69, 9.17) is 14.2 Å². The van der Waals surface area contributed by atoms with Crippen LogP contribution in [-0.4, -0.2) is 41.5 Å². The first-order valence-corrected chi connectivity index (χ1v) is 8.65. The average Bonchev–Trinajstić information content (AvgIpc) is 3.21. The molecule has 140 valence electrons. The van der Waals surface area contributed by atoms with Crippen molar-refractivity contribution in [3.63, 3.8) is 0 Å². The lowest BCUT2D eigenvalue weighted by Gasteiger charge is -2.32. The summed E-state index contributed by atoms with van der Waals surface area (Å²) in [6.07, 6.45) is 0.758. The van der Waals surface area contributed by atoms with E-state index in [-0.39, 0.29) is 12.1 Å². The molecule has 4 rings (SSSR count). The summed E-state index contributed by atoms with van der Waals surface area (Å²) in [5, 5.41) is 15.5. The summed E-state index contributed by atoms with van der Waals surface area (Å²) in [6, 6.07) is 14.0. The van der Waals surface area contributed by atoms with Crippen LogP contribution in [0.15, 0.2) is 42.5 Å². The molecule has 1 aliphatic rings. The van der Waals surface area contributed by atoms with Gasteiger partial charge in [0.15, 0.2) is 11.5 Å². The van der Waals surface area contributed by atoms with Crippen LogP contribution in [0.3, 0.4) is 0 Å². The number of fused-ring (bicyclic) bond motifs is 1. The van der Waals surface area contributed by atoms with Gasteiger partial charge < -0.3 is 19.5 Å². The molecule has 0 bridgehead atoms. The van der Waals surface area contributed by atoms with E-state index < -0.39 is 0 Å². The van der Waals surface area contributed by atoms with Gasteiger partial charge in [0.25, 0.3) is 0 Å². The molecule has 2 heterocycles. The highest BCUT2D eigenvalue weighted by Crippen LogP contribution is 2.46. The number of nitrogens with one attached hydrogen (secondary N) is 1. The summed E-state index contributed by atoms with van der Waals surface area (Å²) in [6.45, 7) is 0. The Morgan fingerprint density at radius 3 is 2.44 bits per heavy atom. The van der Waals surface area contributed by atoms with Crippen LogP contribution in [0, 0.1) is 0 Å². The molecule has 0 aliphatic carbocycles. The van der Waals surface area contributed by atoms with Crippen molar-refractivity contribution < 1.29 is 14.2 Å². The molecule has 3 aromatic rings. The van der Waals surface area contributed by atoms with Crippen LogP contribution in [0.5, 0.6) is 17.2 Å². The van der Waals surface area contributed by atoms with Crippen LogP contribution in [0.2, 0.25) is 0 Å². The Labute approximate surface area is 157 Å². The van der Waals surface area contributed by atoms with Gasteiger partial charge in [0, 0.05) is 5.56 Å². The van der Waals surface area contributed by atoms with E-state index >= 15 is 0 Å². The maximum absolute atomic E-state index is 5.67. The summed E-state index contributed by atoms with van der Waals surface area (Å²) in [7, 11) is 4.84. The average molecular weight is 367 g/mol. The van der Waals surface area contributed by atoms with Gasteiger partial charge in [0.1, 0.15) is 0 Å². The second-order valence-electron chi connectivity index (χ2n) is 6.23. The standard InChI is InChI=1S/C19H21N5O3/c1-25-16-10-9-13(17(26-2)18(16)27-3)14-11-15(12-7-5-4-6-8-12)24-19(20-14)21-22-23-24/h4-10,14-15H,11H2,1-3H3,(H,20,21,23). The zero-order chi connectivity index (χ0) is 18.8. The lowest BCUT2D eigenvalue weighted by Crippen LogP contribution is -2.28. The number of methoxy groups -OCH3 is 3. The SMILES string of the molecule is COc1ccc(C2CC(c3ccccc3)n3nnnc3N2)c(OC)c1OC. The van der Waals surface area contributed by atoms with Crippen molar-refractivity contribution in [3.8, 4) is 17.2 Å². The molecule has 0 amide bonds. The van der Waals surface area contributed by atoms with E-state index in [0.717, 1.165) is 17.5 Å². The Bertz CT molecular complexity index is 928. The van der Waals surface area contributed by atoms with Crippen molar-refractivity contribution in [1.29, 1.82) is 0 Å². The minimum atomic E-state index is -0.0523. The summed E-state index contributed by atoms with van der Waals surface area (Å²) >= 11 is 0. The number of benzene rings is 2. The number of hydrogen-bond donors (Lipinski definition) is 1. The van der Waals surface area contributed by atoms with Gasteiger partial charge in [-0.2, -0.15) is 0 Å². The molecule has 2 atom stereocenters. The Morgan fingerprint density at radius 2 is 1.74 bits per heavy atom. The van der Waals surface area contributed by atoms with E-state index in [1.807, 2.05) is 35.0 Å². The quantitative estimate of drug-likeness (QED) is 0.742. The third-order valence-electron chi connectivity index (χ3n) is 4.84. The van der Waals surface area contributed by atoms with Crippen molar-refractivity contribution in [2.75, 3.05) is 26.6 Å². The third kappa shape index (κ3) is 2.92. The summed E-state index contributed by atoms with van der Waals surface area (Å²) in [5.41, 5.74) is 2.11. The molecular formula is C19H21N5O3. The number of aromatic nitrogens is 4.